The van der Waals surface area contributed by atoms with Crippen LogP contribution in [0.5, 0.6) is 0 Å². The lowest BCUT2D eigenvalue weighted by Gasteiger charge is -2.19. The highest BCUT2D eigenvalue weighted by atomic mass is 16.5. The van der Waals surface area contributed by atoms with Crippen LogP contribution in [0.2, 0.25) is 0 Å². The normalized spacial score (nSPS) is 21.0. The third kappa shape index (κ3) is 2.65. The molecule has 2 rings (SSSR count). The van der Waals surface area contributed by atoms with Crippen molar-refractivity contribution in [2.24, 2.45) is 0 Å². The van der Waals surface area contributed by atoms with Gasteiger partial charge >= 0.3 is 11.9 Å². The molecular weight excluding hydrogens is 288 g/mol. The quantitative estimate of drug-likeness (QED) is 0.657. The molecule has 1 aromatic rings. The van der Waals surface area contributed by atoms with Crippen molar-refractivity contribution < 1.29 is 29.0 Å². The lowest BCUT2D eigenvalue weighted by Crippen LogP contribution is -2.45. The van der Waals surface area contributed by atoms with Gasteiger partial charge in [-0.05, 0) is 18.1 Å². The molecule has 1 atom stereocenters. The maximum absolute atomic E-state index is 12.1. The maximum atomic E-state index is 12.1. The highest BCUT2D eigenvalue weighted by Crippen LogP contribution is 2.34. The number of benzene rings is 1. The molecule has 1 aliphatic carbocycles. The van der Waals surface area contributed by atoms with Crippen molar-refractivity contribution in [3.8, 4) is 0 Å². The summed E-state index contributed by atoms with van der Waals surface area (Å²) in [5, 5.41) is 10.2. The van der Waals surface area contributed by atoms with Crippen molar-refractivity contribution in [2.45, 2.75) is 25.6 Å². The molecule has 0 heterocycles. The van der Waals surface area contributed by atoms with Gasteiger partial charge in [-0.25, -0.2) is 9.59 Å². The van der Waals surface area contributed by atoms with Crippen LogP contribution in [0.15, 0.2) is 41.5 Å². The monoisotopic (exact) mass is 304 g/mol. The molecular formula is C16H16O6. The van der Waals surface area contributed by atoms with Crippen LogP contribution in [0.4, 0.5) is 0 Å². The Morgan fingerprint density at radius 3 is 2.50 bits per heavy atom. The number of ketones is 1. The summed E-state index contributed by atoms with van der Waals surface area (Å²) >= 11 is 0. The van der Waals surface area contributed by atoms with E-state index in [-0.39, 0.29) is 24.2 Å². The van der Waals surface area contributed by atoms with Gasteiger partial charge in [0.2, 0.25) is 5.60 Å². The molecule has 116 valence electrons. The number of esters is 2. The van der Waals surface area contributed by atoms with Crippen LogP contribution in [-0.4, -0.2) is 35.5 Å². The second-order valence-electron chi connectivity index (χ2n) is 4.97. The van der Waals surface area contributed by atoms with Crippen molar-refractivity contribution in [3.63, 3.8) is 0 Å². The summed E-state index contributed by atoms with van der Waals surface area (Å²) in [5.41, 5.74) is -1.64. The Morgan fingerprint density at radius 1 is 1.27 bits per heavy atom. The summed E-state index contributed by atoms with van der Waals surface area (Å²) in [6, 6.07) is 9.04. The molecule has 6 heteroatoms. The van der Waals surface area contributed by atoms with E-state index in [1.165, 1.54) is 6.92 Å². The average Bonchev–Trinajstić information content (AvgIpc) is 2.78. The van der Waals surface area contributed by atoms with E-state index in [1.807, 2.05) is 18.2 Å². The topological polar surface area (TPSA) is 89.9 Å². The molecule has 0 saturated heterocycles. The van der Waals surface area contributed by atoms with Crippen LogP contribution in [-0.2, 0) is 30.5 Å². The van der Waals surface area contributed by atoms with Crippen LogP contribution >= 0.6 is 0 Å². The number of Topliss-reactive ketones (excluding diaryl/α,β-unsaturated/α-hetero) is 1. The summed E-state index contributed by atoms with van der Waals surface area (Å²) in [6.45, 7) is 1.39. The molecule has 1 N–H and O–H groups in total. The van der Waals surface area contributed by atoms with Gasteiger partial charge < -0.3 is 14.6 Å². The van der Waals surface area contributed by atoms with Crippen molar-refractivity contribution in [3.05, 3.63) is 47.0 Å². The first-order chi connectivity index (χ1) is 10.4. The standard InChI is InChI=1S/C16H16O6/c1-10-12(8-13(17)16(10,20)15(19)21-2)14(18)22-9-11-6-4-3-5-7-11/h3-7,20H,8-9H2,1-2H3. The Hall–Kier alpha value is -2.47. The molecule has 0 saturated carbocycles. The molecule has 22 heavy (non-hydrogen) atoms. The third-order valence-corrected chi connectivity index (χ3v) is 3.68. The number of carbonyl (C=O) groups excluding carboxylic acids is 3. The molecule has 1 unspecified atom stereocenters. The fraction of sp³-hybridized carbons (Fsp3) is 0.312. The summed E-state index contributed by atoms with van der Waals surface area (Å²) in [4.78, 5) is 35.6. The van der Waals surface area contributed by atoms with E-state index in [4.69, 9.17) is 4.74 Å². The van der Waals surface area contributed by atoms with Gasteiger partial charge in [0.05, 0.1) is 7.11 Å². The molecule has 0 aromatic heterocycles. The minimum absolute atomic E-state index is 0.00571. The predicted octanol–water partition coefficient (Wildman–Crippen LogP) is 0.923. The molecule has 0 bridgehead atoms. The van der Waals surface area contributed by atoms with E-state index in [0.29, 0.717) is 0 Å². The third-order valence-electron chi connectivity index (χ3n) is 3.68. The van der Waals surface area contributed by atoms with Crippen LogP contribution in [0.25, 0.3) is 0 Å². The van der Waals surface area contributed by atoms with Crippen molar-refractivity contribution >= 4 is 17.7 Å². The summed E-state index contributed by atoms with van der Waals surface area (Å²) < 4.78 is 9.56. The smallest absolute Gasteiger partial charge is 0.350 e. The second-order valence-corrected chi connectivity index (χ2v) is 4.97. The van der Waals surface area contributed by atoms with Gasteiger partial charge in [-0.3, -0.25) is 4.79 Å². The minimum atomic E-state index is -2.39. The van der Waals surface area contributed by atoms with Crippen molar-refractivity contribution in [1.82, 2.24) is 0 Å². The Kier molecular flexibility index (Phi) is 4.42. The van der Waals surface area contributed by atoms with Crippen LogP contribution in [0, 0.1) is 0 Å². The molecule has 0 radical (unpaired) electrons. The highest BCUT2D eigenvalue weighted by molar-refractivity contribution is 6.17. The Labute approximate surface area is 127 Å². The summed E-state index contributed by atoms with van der Waals surface area (Å²) in [5.74, 6) is -2.61. The molecule has 0 amide bonds. The number of hydrogen-bond acceptors (Lipinski definition) is 6. The van der Waals surface area contributed by atoms with Crippen LogP contribution in [0.3, 0.4) is 0 Å². The first-order valence-electron chi connectivity index (χ1n) is 6.66. The Morgan fingerprint density at radius 2 is 1.91 bits per heavy atom. The van der Waals surface area contributed by atoms with Gasteiger partial charge in [-0.1, -0.05) is 30.3 Å². The number of rotatable bonds is 4. The van der Waals surface area contributed by atoms with Gasteiger partial charge in [0.15, 0.2) is 5.78 Å². The molecule has 1 aromatic carbocycles. The van der Waals surface area contributed by atoms with E-state index in [0.717, 1.165) is 12.7 Å². The second kappa shape index (κ2) is 6.11. The van der Waals surface area contributed by atoms with Gasteiger partial charge in [0.25, 0.3) is 0 Å². The largest absolute Gasteiger partial charge is 0.466 e. The van der Waals surface area contributed by atoms with E-state index >= 15 is 0 Å². The van der Waals surface area contributed by atoms with Gasteiger partial charge in [-0.2, -0.15) is 0 Å². The first kappa shape index (κ1) is 15.9. The van der Waals surface area contributed by atoms with E-state index < -0.39 is 23.3 Å². The fourth-order valence-corrected chi connectivity index (χ4v) is 2.30. The van der Waals surface area contributed by atoms with Crippen LogP contribution < -0.4 is 0 Å². The molecule has 1 aliphatic rings. The summed E-state index contributed by atoms with van der Waals surface area (Å²) in [6.07, 6.45) is -0.356. The van der Waals surface area contributed by atoms with E-state index in [2.05, 4.69) is 4.74 Å². The fourth-order valence-electron chi connectivity index (χ4n) is 2.30. The lowest BCUT2D eigenvalue weighted by molar-refractivity contribution is -0.162. The predicted molar refractivity (Wildman–Crippen MR) is 75.5 cm³/mol. The lowest BCUT2D eigenvalue weighted by atomic mass is 9.95. The zero-order valence-electron chi connectivity index (χ0n) is 12.3. The average molecular weight is 304 g/mol. The first-order valence-corrected chi connectivity index (χ1v) is 6.66. The van der Waals surface area contributed by atoms with Gasteiger partial charge in [0, 0.05) is 12.0 Å². The van der Waals surface area contributed by atoms with Gasteiger partial charge in [0.1, 0.15) is 6.61 Å². The van der Waals surface area contributed by atoms with E-state index in [1.54, 1.807) is 12.1 Å². The SMILES string of the molecule is COC(=O)C1(O)C(=O)CC(C(=O)OCc2ccccc2)=C1C. The zero-order valence-corrected chi connectivity index (χ0v) is 12.3. The number of methoxy groups -OCH3 is 1. The van der Waals surface area contributed by atoms with E-state index in [9.17, 15) is 19.5 Å². The minimum Gasteiger partial charge on any atom is -0.466 e. The molecule has 6 nitrogen and oxygen atoms in total. The van der Waals surface area contributed by atoms with Crippen LogP contribution in [0.1, 0.15) is 18.9 Å². The molecule has 0 fully saturated rings. The maximum Gasteiger partial charge on any atom is 0.350 e. The number of hydrogen-bond donors (Lipinski definition) is 1. The van der Waals surface area contributed by atoms with Crippen molar-refractivity contribution in [2.75, 3.05) is 7.11 Å². The number of carbonyl (C=O) groups is 3. The Bertz CT molecular complexity index is 646. The summed E-state index contributed by atoms with van der Waals surface area (Å²) in [7, 11) is 1.06. The molecule has 0 spiro atoms. The number of ether oxygens (including phenoxy) is 2. The highest BCUT2D eigenvalue weighted by Gasteiger charge is 2.53. The van der Waals surface area contributed by atoms with Crippen molar-refractivity contribution in [1.29, 1.82) is 0 Å². The Balaban J connectivity index is 2.16. The van der Waals surface area contributed by atoms with Gasteiger partial charge in [-0.15, -0.1) is 0 Å². The number of aliphatic hydroxyl groups is 1. The zero-order chi connectivity index (χ0) is 16.3. The molecule has 0 aliphatic heterocycles.